The van der Waals surface area contributed by atoms with Gasteiger partial charge in [0.05, 0.1) is 0 Å². The predicted molar refractivity (Wildman–Crippen MR) is 101 cm³/mol. The second-order valence-electron chi connectivity index (χ2n) is 6.15. The number of rotatable bonds is 6. The number of aryl methyl sites for hydroxylation is 1. The number of imidazole rings is 1. The van der Waals surface area contributed by atoms with E-state index in [0.717, 1.165) is 5.69 Å². The van der Waals surface area contributed by atoms with Crippen LogP contribution in [0.5, 0.6) is 5.75 Å². The highest BCUT2D eigenvalue weighted by Gasteiger charge is 2.22. The summed E-state index contributed by atoms with van der Waals surface area (Å²) in [5.41, 5.74) is 1.29. The predicted octanol–water partition coefficient (Wildman–Crippen LogP) is 2.94. The monoisotopic (exact) mass is 385 g/mol. The minimum atomic E-state index is -0.677. The first kappa shape index (κ1) is 19.2. The summed E-state index contributed by atoms with van der Waals surface area (Å²) in [5, 5.41) is 5.06. The number of anilines is 1. The van der Waals surface area contributed by atoms with Crippen molar-refractivity contribution in [1.29, 1.82) is 0 Å². The van der Waals surface area contributed by atoms with Gasteiger partial charge in [-0.15, -0.1) is 0 Å². The van der Waals surface area contributed by atoms with Crippen molar-refractivity contribution in [2.24, 2.45) is 0 Å². The highest BCUT2D eigenvalue weighted by molar-refractivity contribution is 6.04. The lowest BCUT2D eigenvalue weighted by atomic mass is 10.1. The van der Waals surface area contributed by atoms with E-state index in [0.29, 0.717) is 5.56 Å². The standard InChI is InChI=1S/C19H20FN5O3/c1-10-9-22-19(23-10)25-17(26)14-8-15(16(24-14)18(27)21-3)28-11(2)12-6-4-5-7-13(12)20/h4-9,11,24H,1-3H3,(H,21,27)(H2,22,23,25,26)/t11-/m1/s1. The van der Waals surface area contributed by atoms with Gasteiger partial charge < -0.3 is 20.0 Å². The molecule has 3 aromatic rings. The van der Waals surface area contributed by atoms with Gasteiger partial charge in [-0.1, -0.05) is 18.2 Å². The molecule has 28 heavy (non-hydrogen) atoms. The minimum Gasteiger partial charge on any atom is -0.483 e. The van der Waals surface area contributed by atoms with Crippen LogP contribution in [0.2, 0.25) is 0 Å². The van der Waals surface area contributed by atoms with Crippen molar-refractivity contribution >= 4 is 17.8 Å². The van der Waals surface area contributed by atoms with Gasteiger partial charge in [0.15, 0.2) is 5.75 Å². The Bertz CT molecular complexity index is 1010. The summed E-state index contributed by atoms with van der Waals surface area (Å²) >= 11 is 0. The van der Waals surface area contributed by atoms with Crippen molar-refractivity contribution in [3.63, 3.8) is 0 Å². The molecule has 0 saturated heterocycles. The molecule has 4 N–H and O–H groups in total. The lowest BCUT2D eigenvalue weighted by Crippen LogP contribution is -2.20. The molecule has 0 unspecified atom stereocenters. The van der Waals surface area contributed by atoms with Crippen LogP contribution in [-0.4, -0.2) is 33.8 Å². The van der Waals surface area contributed by atoms with E-state index in [4.69, 9.17) is 4.74 Å². The Morgan fingerprint density at radius 2 is 1.96 bits per heavy atom. The van der Waals surface area contributed by atoms with E-state index in [2.05, 4.69) is 25.6 Å². The van der Waals surface area contributed by atoms with Gasteiger partial charge in [-0.25, -0.2) is 9.37 Å². The van der Waals surface area contributed by atoms with Gasteiger partial charge in [0.25, 0.3) is 11.8 Å². The maximum atomic E-state index is 14.0. The molecule has 0 spiro atoms. The lowest BCUT2D eigenvalue weighted by Gasteiger charge is -2.15. The van der Waals surface area contributed by atoms with Gasteiger partial charge in [-0.3, -0.25) is 14.9 Å². The Hall–Kier alpha value is -3.62. The molecule has 2 heterocycles. The Balaban J connectivity index is 1.86. The van der Waals surface area contributed by atoms with E-state index in [1.165, 1.54) is 19.2 Å². The van der Waals surface area contributed by atoms with Crippen molar-refractivity contribution < 1.29 is 18.7 Å². The molecule has 0 aliphatic heterocycles. The lowest BCUT2D eigenvalue weighted by molar-refractivity contribution is 0.0952. The highest BCUT2D eigenvalue weighted by atomic mass is 19.1. The number of carbonyl (C=O) groups excluding carboxylic acids is 2. The maximum absolute atomic E-state index is 14.0. The molecule has 9 heteroatoms. The Labute approximate surface area is 160 Å². The number of hydrogen-bond acceptors (Lipinski definition) is 4. The molecule has 0 bridgehead atoms. The van der Waals surface area contributed by atoms with Crippen LogP contribution in [0.4, 0.5) is 10.3 Å². The molecule has 146 valence electrons. The molecule has 0 aliphatic carbocycles. The van der Waals surface area contributed by atoms with Gasteiger partial charge in [-0.2, -0.15) is 0 Å². The number of H-pyrrole nitrogens is 2. The average Bonchev–Trinajstić information content (AvgIpc) is 3.27. The first-order valence-electron chi connectivity index (χ1n) is 8.58. The van der Waals surface area contributed by atoms with Crippen molar-refractivity contribution in [2.45, 2.75) is 20.0 Å². The molecule has 1 atom stereocenters. The van der Waals surface area contributed by atoms with Crippen LogP contribution >= 0.6 is 0 Å². The van der Waals surface area contributed by atoms with Gasteiger partial charge in [0.2, 0.25) is 5.95 Å². The number of halogens is 1. The highest BCUT2D eigenvalue weighted by Crippen LogP contribution is 2.28. The van der Waals surface area contributed by atoms with Crippen LogP contribution in [0.3, 0.4) is 0 Å². The van der Waals surface area contributed by atoms with E-state index < -0.39 is 23.7 Å². The third kappa shape index (κ3) is 4.03. The second-order valence-corrected chi connectivity index (χ2v) is 6.15. The zero-order valence-corrected chi connectivity index (χ0v) is 15.6. The number of benzene rings is 1. The summed E-state index contributed by atoms with van der Waals surface area (Å²) in [6.07, 6.45) is 0.897. The minimum absolute atomic E-state index is 0.0615. The smallest absolute Gasteiger partial charge is 0.274 e. The number of hydrogen-bond donors (Lipinski definition) is 4. The number of nitrogens with zero attached hydrogens (tertiary/aromatic N) is 1. The summed E-state index contributed by atoms with van der Waals surface area (Å²) < 4.78 is 19.8. The van der Waals surface area contributed by atoms with E-state index in [9.17, 15) is 14.0 Å². The second kappa shape index (κ2) is 7.95. The molecule has 0 aliphatic rings. The van der Waals surface area contributed by atoms with E-state index in [1.54, 1.807) is 38.2 Å². The van der Waals surface area contributed by atoms with Crippen LogP contribution in [-0.2, 0) is 0 Å². The number of ether oxygens (including phenoxy) is 1. The van der Waals surface area contributed by atoms with Gasteiger partial charge >= 0.3 is 0 Å². The van der Waals surface area contributed by atoms with Crippen molar-refractivity contribution in [2.75, 3.05) is 12.4 Å². The van der Waals surface area contributed by atoms with Gasteiger partial charge in [-0.05, 0) is 19.9 Å². The summed E-state index contributed by atoms with van der Waals surface area (Å²) in [5.74, 6) is -0.980. The van der Waals surface area contributed by atoms with Crippen LogP contribution in [0.15, 0.2) is 36.5 Å². The molecule has 2 aromatic heterocycles. The SMILES string of the molecule is CNC(=O)c1[nH]c(C(=O)Nc2ncc(C)[nH]2)cc1O[C@H](C)c1ccccc1F. The summed E-state index contributed by atoms with van der Waals surface area (Å²) in [7, 11) is 1.46. The summed E-state index contributed by atoms with van der Waals surface area (Å²) in [4.78, 5) is 34.3. The molecule has 8 nitrogen and oxygen atoms in total. The Morgan fingerprint density at radius 3 is 2.61 bits per heavy atom. The third-order valence-corrected chi connectivity index (χ3v) is 4.06. The first-order chi connectivity index (χ1) is 13.4. The van der Waals surface area contributed by atoms with E-state index in [-0.39, 0.29) is 23.1 Å². The largest absolute Gasteiger partial charge is 0.483 e. The molecule has 0 fully saturated rings. The fourth-order valence-electron chi connectivity index (χ4n) is 2.65. The topological polar surface area (TPSA) is 112 Å². The van der Waals surface area contributed by atoms with Gasteiger partial charge in [0.1, 0.15) is 23.3 Å². The zero-order valence-electron chi connectivity index (χ0n) is 15.6. The molecule has 1 aromatic carbocycles. The Morgan fingerprint density at radius 1 is 1.21 bits per heavy atom. The van der Waals surface area contributed by atoms with Crippen LogP contribution in [0, 0.1) is 12.7 Å². The first-order valence-corrected chi connectivity index (χ1v) is 8.58. The molecule has 0 radical (unpaired) electrons. The fraction of sp³-hybridized carbons (Fsp3) is 0.211. The summed E-state index contributed by atoms with van der Waals surface area (Å²) in [6.45, 7) is 3.46. The number of aromatic nitrogens is 3. The van der Waals surface area contributed by atoms with Crippen LogP contribution in [0.1, 0.15) is 45.3 Å². The Kier molecular flexibility index (Phi) is 5.44. The average molecular weight is 385 g/mol. The van der Waals surface area contributed by atoms with Gasteiger partial charge in [0, 0.05) is 30.6 Å². The molecule has 0 saturated carbocycles. The van der Waals surface area contributed by atoms with Crippen molar-refractivity contribution in [3.8, 4) is 5.75 Å². The molecule has 2 amide bonds. The van der Waals surface area contributed by atoms with E-state index in [1.807, 2.05) is 0 Å². The van der Waals surface area contributed by atoms with Crippen LogP contribution < -0.4 is 15.4 Å². The number of amides is 2. The zero-order chi connectivity index (χ0) is 20.3. The quantitative estimate of drug-likeness (QED) is 0.523. The van der Waals surface area contributed by atoms with Crippen LogP contribution in [0.25, 0.3) is 0 Å². The molecule has 3 rings (SSSR count). The van der Waals surface area contributed by atoms with E-state index >= 15 is 0 Å². The fourth-order valence-corrected chi connectivity index (χ4v) is 2.65. The number of carbonyl (C=O) groups is 2. The third-order valence-electron chi connectivity index (χ3n) is 4.06. The normalized spacial score (nSPS) is 11.7. The number of aromatic amines is 2. The number of nitrogens with one attached hydrogen (secondary N) is 4. The van der Waals surface area contributed by atoms with Crippen molar-refractivity contribution in [1.82, 2.24) is 20.3 Å². The molecular formula is C19H20FN5O3. The molecular weight excluding hydrogens is 365 g/mol. The summed E-state index contributed by atoms with van der Waals surface area (Å²) in [6, 6.07) is 7.60. The van der Waals surface area contributed by atoms with Crippen molar-refractivity contribution in [3.05, 3.63) is 65.0 Å². The maximum Gasteiger partial charge on any atom is 0.274 e.